The van der Waals surface area contributed by atoms with Crippen LogP contribution in [0.15, 0.2) is 14.0 Å². The Morgan fingerprint density at radius 1 is 1.33 bits per heavy atom. The third kappa shape index (κ3) is 3.63. The zero-order chi connectivity index (χ0) is 11.8. The second kappa shape index (κ2) is 6.89. The summed E-state index contributed by atoms with van der Waals surface area (Å²) < 4.78 is 4.32. The van der Waals surface area contributed by atoms with Crippen molar-refractivity contribution in [3.05, 3.63) is 31.5 Å². The van der Waals surface area contributed by atoms with E-state index >= 15 is 0 Å². The average Bonchev–Trinajstić information content (AvgIpc) is 2.24. The van der Waals surface area contributed by atoms with Crippen molar-refractivity contribution >= 4 is 29.7 Å². The van der Waals surface area contributed by atoms with Crippen molar-refractivity contribution < 1.29 is 4.42 Å². The molecule has 4 nitrogen and oxygen atoms in total. The molecule has 5 heteroatoms. The van der Waals surface area contributed by atoms with Gasteiger partial charge in [-0.2, -0.15) is 0 Å². The van der Waals surface area contributed by atoms with Gasteiger partial charge < -0.3 is 4.42 Å². The van der Waals surface area contributed by atoms with Gasteiger partial charge in [0.15, 0.2) is 0 Å². The van der Waals surface area contributed by atoms with Crippen LogP contribution in [0.1, 0.15) is 20.8 Å². The number of aromatic amines is 1. The molecule has 0 radical (unpaired) electrons. The van der Waals surface area contributed by atoms with Gasteiger partial charge >= 0.3 is 11.4 Å². The molecule has 0 aliphatic rings. The van der Waals surface area contributed by atoms with E-state index < -0.39 is 11.4 Å². The molecular formula is C10H13NO3S. The first kappa shape index (κ1) is 13.5. The van der Waals surface area contributed by atoms with E-state index in [2.05, 4.69) is 21.6 Å². The summed E-state index contributed by atoms with van der Waals surface area (Å²) in [5, 5.41) is 1.97. The molecule has 1 aromatic heterocycles. The number of hydrogen-bond donors (Lipinski definition) is 1. The fourth-order valence-corrected chi connectivity index (χ4v) is 1.04. The molecule has 0 fully saturated rings. The number of rotatable bonds is 1. The van der Waals surface area contributed by atoms with Gasteiger partial charge in [-0.05, 0) is 13.0 Å². The summed E-state index contributed by atoms with van der Waals surface area (Å²) in [4.78, 5) is 24.2. The summed E-state index contributed by atoms with van der Waals surface area (Å²) >= 11 is 4.57. The third-order valence-electron chi connectivity index (χ3n) is 1.46. The predicted octanol–water partition coefficient (Wildman–Crippen LogP) is -0.0651. The van der Waals surface area contributed by atoms with E-state index in [0.717, 1.165) is 0 Å². The summed E-state index contributed by atoms with van der Waals surface area (Å²) in [6.45, 7) is 5.70. The molecule has 0 atom stereocenters. The maximum absolute atomic E-state index is 11.1. The highest BCUT2D eigenvalue weighted by Crippen LogP contribution is 1.55. The van der Waals surface area contributed by atoms with E-state index in [9.17, 15) is 9.59 Å². The van der Waals surface area contributed by atoms with E-state index in [4.69, 9.17) is 0 Å². The number of thiocarbonyl (C=S) groups is 1. The molecular weight excluding hydrogens is 214 g/mol. The molecule has 0 bridgehead atoms. The van der Waals surface area contributed by atoms with Gasteiger partial charge in [0, 0.05) is 5.37 Å². The van der Waals surface area contributed by atoms with Gasteiger partial charge in [-0.25, -0.2) is 9.59 Å². The lowest BCUT2D eigenvalue weighted by atomic mass is 10.4. The van der Waals surface area contributed by atoms with Crippen LogP contribution in [0.25, 0.3) is 12.2 Å². The van der Waals surface area contributed by atoms with Gasteiger partial charge in [0.1, 0.15) is 0 Å². The van der Waals surface area contributed by atoms with Gasteiger partial charge in [0.05, 0.1) is 10.6 Å². The minimum absolute atomic E-state index is 0.261. The molecule has 15 heavy (non-hydrogen) atoms. The van der Waals surface area contributed by atoms with Gasteiger partial charge in [-0.1, -0.05) is 32.1 Å². The Bertz CT molecular complexity index is 539. The van der Waals surface area contributed by atoms with E-state index in [1.165, 1.54) is 11.4 Å². The topological polar surface area (TPSA) is 63.1 Å². The molecule has 0 spiro atoms. The number of H-pyrrole nitrogens is 1. The Kier molecular flexibility index (Phi) is 6.21. The Balaban J connectivity index is 0.000000921. The van der Waals surface area contributed by atoms with E-state index in [1.807, 2.05) is 13.8 Å². The van der Waals surface area contributed by atoms with Gasteiger partial charge in [0.2, 0.25) is 0 Å². The van der Waals surface area contributed by atoms with Crippen molar-refractivity contribution in [3.8, 4) is 0 Å². The SMILES string of the molecule is C/C=c1/[nH]c(=O)oc(=O)/c1=C/C=S.CC. The van der Waals surface area contributed by atoms with Crippen molar-refractivity contribution in [1.29, 1.82) is 0 Å². The normalized spacial score (nSPS) is 11.9. The molecule has 1 rings (SSSR count). The Labute approximate surface area is 92.0 Å². The summed E-state index contributed by atoms with van der Waals surface area (Å²) in [7, 11) is 0. The minimum atomic E-state index is -0.764. The zero-order valence-corrected chi connectivity index (χ0v) is 9.68. The third-order valence-corrected chi connectivity index (χ3v) is 1.59. The maximum Gasteiger partial charge on any atom is 0.419 e. The standard InChI is InChI=1S/C8H7NO3S.C2H6/c1-2-6-5(3-4-13)7(10)12-8(11)9-6;1-2/h2-4H,1H3,(H,9,11);1-2H3/b5-3+,6-2+;. The van der Waals surface area contributed by atoms with Crippen LogP contribution in [0, 0.1) is 0 Å². The first-order valence-corrected chi connectivity index (χ1v) is 5.01. The molecule has 0 saturated heterocycles. The van der Waals surface area contributed by atoms with Crippen molar-refractivity contribution in [2.75, 3.05) is 0 Å². The summed E-state index contributed by atoms with van der Waals surface area (Å²) in [6.07, 6.45) is 3.01. The first-order chi connectivity index (χ1) is 7.19. The van der Waals surface area contributed by atoms with E-state index in [1.54, 1.807) is 13.0 Å². The fourth-order valence-electron chi connectivity index (χ4n) is 0.905. The highest BCUT2D eigenvalue weighted by atomic mass is 32.1. The zero-order valence-electron chi connectivity index (χ0n) is 8.87. The Morgan fingerprint density at radius 2 is 1.93 bits per heavy atom. The molecule has 0 unspecified atom stereocenters. The lowest BCUT2D eigenvalue weighted by Gasteiger charge is -1.85. The molecule has 0 saturated carbocycles. The van der Waals surface area contributed by atoms with Crippen LogP contribution in [0.4, 0.5) is 0 Å². The van der Waals surface area contributed by atoms with Crippen molar-refractivity contribution in [3.63, 3.8) is 0 Å². The second-order valence-corrected chi connectivity index (χ2v) is 2.49. The second-order valence-electron chi connectivity index (χ2n) is 2.22. The van der Waals surface area contributed by atoms with Crippen LogP contribution in [-0.2, 0) is 0 Å². The van der Waals surface area contributed by atoms with E-state index in [-0.39, 0.29) is 5.22 Å². The Morgan fingerprint density at radius 3 is 2.40 bits per heavy atom. The smallest absolute Gasteiger partial charge is 0.372 e. The van der Waals surface area contributed by atoms with Crippen LogP contribution in [0.5, 0.6) is 0 Å². The molecule has 0 amide bonds. The molecule has 0 aromatic carbocycles. The summed E-state index contributed by atoms with van der Waals surface area (Å²) in [5.41, 5.74) is -0.682. The summed E-state index contributed by atoms with van der Waals surface area (Å²) in [6, 6.07) is 0. The van der Waals surface area contributed by atoms with Crippen molar-refractivity contribution in [2.45, 2.75) is 20.8 Å². The molecule has 0 aliphatic heterocycles. The van der Waals surface area contributed by atoms with Crippen LogP contribution in [0.2, 0.25) is 0 Å². The van der Waals surface area contributed by atoms with Gasteiger partial charge in [-0.15, -0.1) is 0 Å². The van der Waals surface area contributed by atoms with Crippen LogP contribution < -0.4 is 21.9 Å². The first-order valence-electron chi connectivity index (χ1n) is 4.54. The number of aromatic nitrogens is 1. The lowest BCUT2D eigenvalue weighted by molar-refractivity contribution is 0.440. The van der Waals surface area contributed by atoms with Gasteiger partial charge in [0.25, 0.3) is 0 Å². The summed E-state index contributed by atoms with van der Waals surface area (Å²) in [5.74, 6) is -0.764. The number of hydrogen-bond acceptors (Lipinski definition) is 4. The van der Waals surface area contributed by atoms with Crippen LogP contribution >= 0.6 is 12.2 Å². The number of nitrogens with one attached hydrogen (secondary N) is 1. The lowest BCUT2D eigenvalue weighted by Crippen LogP contribution is -2.45. The molecule has 0 aliphatic carbocycles. The monoisotopic (exact) mass is 227 g/mol. The minimum Gasteiger partial charge on any atom is -0.372 e. The molecule has 1 heterocycles. The van der Waals surface area contributed by atoms with Gasteiger partial charge in [-0.3, -0.25) is 4.98 Å². The highest BCUT2D eigenvalue weighted by Gasteiger charge is 1.94. The Hall–Kier alpha value is -1.49. The average molecular weight is 227 g/mol. The van der Waals surface area contributed by atoms with Crippen molar-refractivity contribution in [1.82, 2.24) is 4.98 Å². The quantitative estimate of drug-likeness (QED) is 0.682. The molecule has 1 aromatic rings. The van der Waals surface area contributed by atoms with Crippen molar-refractivity contribution in [2.24, 2.45) is 0 Å². The largest absolute Gasteiger partial charge is 0.419 e. The predicted molar refractivity (Wildman–Crippen MR) is 64.5 cm³/mol. The maximum atomic E-state index is 11.1. The molecule has 1 N–H and O–H groups in total. The van der Waals surface area contributed by atoms with E-state index in [0.29, 0.717) is 5.35 Å². The highest BCUT2D eigenvalue weighted by molar-refractivity contribution is 7.79. The molecule has 82 valence electrons. The fraction of sp³-hybridized carbons (Fsp3) is 0.300. The van der Waals surface area contributed by atoms with Crippen LogP contribution in [0.3, 0.4) is 0 Å². The van der Waals surface area contributed by atoms with Crippen LogP contribution in [-0.4, -0.2) is 10.4 Å².